The molecule has 1 fully saturated rings. The van der Waals surface area contributed by atoms with Crippen molar-refractivity contribution in [1.29, 1.82) is 0 Å². The quantitative estimate of drug-likeness (QED) is 0.829. The van der Waals surface area contributed by atoms with E-state index in [9.17, 15) is 9.59 Å². The van der Waals surface area contributed by atoms with Gasteiger partial charge in [-0.1, -0.05) is 29.3 Å². The van der Waals surface area contributed by atoms with Crippen molar-refractivity contribution in [1.82, 2.24) is 5.32 Å². The van der Waals surface area contributed by atoms with E-state index in [1.807, 2.05) is 0 Å². The highest BCUT2D eigenvalue weighted by atomic mass is 35.5. The molecule has 0 spiro atoms. The van der Waals surface area contributed by atoms with Gasteiger partial charge in [0.25, 0.3) is 5.91 Å². The van der Waals surface area contributed by atoms with Gasteiger partial charge in [0, 0.05) is 6.42 Å². The molecule has 1 aliphatic rings. The molecule has 1 atom stereocenters. The molecule has 20 heavy (non-hydrogen) atoms. The Labute approximate surface area is 130 Å². The lowest BCUT2D eigenvalue weighted by atomic mass is 10.1. The highest BCUT2D eigenvalue weighted by molar-refractivity contribution is 7.80. The second-order valence-electron chi connectivity index (χ2n) is 4.18. The number of hydrogen-bond donors (Lipinski definition) is 2. The molecular weight excluding hydrogens is 323 g/mol. The van der Waals surface area contributed by atoms with Gasteiger partial charge < -0.3 is 10.4 Å². The first-order valence-electron chi connectivity index (χ1n) is 5.72. The fraction of sp³-hybridized carbons (Fsp3) is 0.250. The largest absolute Gasteiger partial charge is 0.481 e. The molecule has 2 rings (SSSR count). The maximum absolute atomic E-state index is 12.3. The number of nitrogens with one attached hydrogen (secondary N) is 1. The second kappa shape index (κ2) is 5.95. The van der Waals surface area contributed by atoms with Gasteiger partial charge in [-0.3, -0.25) is 14.5 Å². The van der Waals surface area contributed by atoms with E-state index in [1.165, 1.54) is 4.90 Å². The molecule has 2 N–H and O–H groups in total. The molecule has 0 aromatic heterocycles. The van der Waals surface area contributed by atoms with Crippen molar-refractivity contribution in [3.05, 3.63) is 28.2 Å². The van der Waals surface area contributed by atoms with Crippen LogP contribution in [-0.2, 0) is 9.59 Å². The van der Waals surface area contributed by atoms with Crippen LogP contribution in [0.2, 0.25) is 10.0 Å². The van der Waals surface area contributed by atoms with Crippen molar-refractivity contribution in [2.75, 3.05) is 4.90 Å². The number of carboxylic acid groups (broad SMARTS) is 1. The summed E-state index contributed by atoms with van der Waals surface area (Å²) in [4.78, 5) is 24.1. The molecule has 0 bridgehead atoms. The maximum atomic E-state index is 12.3. The topological polar surface area (TPSA) is 69.6 Å². The van der Waals surface area contributed by atoms with Crippen LogP contribution in [0.3, 0.4) is 0 Å². The Morgan fingerprint density at radius 1 is 1.40 bits per heavy atom. The molecule has 0 saturated carbocycles. The number of benzene rings is 1. The highest BCUT2D eigenvalue weighted by Gasteiger charge is 2.38. The molecule has 1 aromatic carbocycles. The number of halogens is 2. The zero-order chi connectivity index (χ0) is 14.9. The van der Waals surface area contributed by atoms with Crippen molar-refractivity contribution >= 4 is 58.1 Å². The molecule has 106 valence electrons. The number of thiocarbonyl (C=S) groups is 1. The van der Waals surface area contributed by atoms with Crippen molar-refractivity contribution in [3.8, 4) is 0 Å². The monoisotopic (exact) mass is 332 g/mol. The SMILES string of the molecule is O=C(O)CCC1NC(=S)N(c2c(Cl)cccc2Cl)C1=O. The summed E-state index contributed by atoms with van der Waals surface area (Å²) in [5.74, 6) is -1.33. The number of carboxylic acids is 1. The van der Waals surface area contributed by atoms with E-state index in [0.717, 1.165) is 0 Å². The summed E-state index contributed by atoms with van der Waals surface area (Å²) in [5, 5.41) is 12.2. The lowest BCUT2D eigenvalue weighted by molar-refractivity contribution is -0.137. The second-order valence-corrected chi connectivity index (χ2v) is 5.38. The van der Waals surface area contributed by atoms with E-state index in [0.29, 0.717) is 15.7 Å². The smallest absolute Gasteiger partial charge is 0.303 e. The lowest BCUT2D eigenvalue weighted by Gasteiger charge is -2.17. The number of carbonyl (C=O) groups excluding carboxylic acids is 1. The van der Waals surface area contributed by atoms with Crippen LogP contribution in [0.15, 0.2) is 18.2 Å². The number of nitrogens with zero attached hydrogens (tertiary/aromatic N) is 1. The van der Waals surface area contributed by atoms with Gasteiger partial charge >= 0.3 is 5.97 Å². The third-order valence-electron chi connectivity index (χ3n) is 2.83. The van der Waals surface area contributed by atoms with Crippen LogP contribution < -0.4 is 10.2 Å². The molecule has 1 aromatic rings. The summed E-state index contributed by atoms with van der Waals surface area (Å²) >= 11 is 17.2. The predicted octanol–water partition coefficient (Wildman–Crippen LogP) is 2.45. The van der Waals surface area contributed by atoms with Crippen LogP contribution in [0.1, 0.15) is 12.8 Å². The van der Waals surface area contributed by atoms with Gasteiger partial charge in [-0.05, 0) is 30.8 Å². The summed E-state index contributed by atoms with van der Waals surface area (Å²) < 4.78 is 0. The summed E-state index contributed by atoms with van der Waals surface area (Å²) in [6.45, 7) is 0. The van der Waals surface area contributed by atoms with E-state index in [2.05, 4.69) is 5.32 Å². The van der Waals surface area contributed by atoms with Crippen molar-refractivity contribution in [3.63, 3.8) is 0 Å². The normalized spacial score (nSPS) is 18.3. The van der Waals surface area contributed by atoms with Crippen LogP contribution in [0, 0.1) is 0 Å². The Morgan fingerprint density at radius 3 is 2.55 bits per heavy atom. The van der Waals surface area contributed by atoms with Gasteiger partial charge in [-0.25, -0.2) is 0 Å². The number of rotatable bonds is 4. The summed E-state index contributed by atoms with van der Waals surface area (Å²) in [7, 11) is 0. The predicted molar refractivity (Wildman–Crippen MR) is 80.3 cm³/mol. The minimum atomic E-state index is -0.972. The van der Waals surface area contributed by atoms with Gasteiger partial charge in [0.1, 0.15) is 6.04 Å². The van der Waals surface area contributed by atoms with Crippen molar-refractivity contribution in [2.45, 2.75) is 18.9 Å². The van der Waals surface area contributed by atoms with E-state index in [-0.39, 0.29) is 23.9 Å². The van der Waals surface area contributed by atoms with Crippen LogP contribution in [0.4, 0.5) is 5.69 Å². The average molecular weight is 333 g/mol. The number of hydrogen-bond acceptors (Lipinski definition) is 3. The van der Waals surface area contributed by atoms with E-state index < -0.39 is 12.0 Å². The van der Waals surface area contributed by atoms with Gasteiger partial charge in [-0.2, -0.15) is 0 Å². The molecule has 8 heteroatoms. The molecule has 1 heterocycles. The van der Waals surface area contributed by atoms with E-state index >= 15 is 0 Å². The first-order valence-corrected chi connectivity index (χ1v) is 6.88. The molecule has 5 nitrogen and oxygen atoms in total. The fourth-order valence-electron chi connectivity index (χ4n) is 1.91. The molecule has 1 unspecified atom stereocenters. The van der Waals surface area contributed by atoms with Crippen LogP contribution in [0.25, 0.3) is 0 Å². The minimum Gasteiger partial charge on any atom is -0.481 e. The molecule has 1 aliphatic heterocycles. The van der Waals surface area contributed by atoms with Gasteiger partial charge in [0.05, 0.1) is 15.7 Å². The van der Waals surface area contributed by atoms with E-state index in [1.54, 1.807) is 18.2 Å². The fourth-order valence-corrected chi connectivity index (χ4v) is 2.80. The number of anilines is 1. The Morgan fingerprint density at radius 2 is 2.00 bits per heavy atom. The zero-order valence-electron chi connectivity index (χ0n) is 10.1. The molecule has 0 aliphatic carbocycles. The lowest BCUT2D eigenvalue weighted by Crippen LogP contribution is -2.32. The first kappa shape index (κ1) is 15.0. The van der Waals surface area contributed by atoms with Crippen molar-refractivity contribution < 1.29 is 14.7 Å². The Balaban J connectivity index is 2.27. The third kappa shape index (κ3) is 2.87. The molecule has 0 radical (unpaired) electrons. The van der Waals surface area contributed by atoms with Gasteiger partial charge in [-0.15, -0.1) is 0 Å². The molecule has 1 amide bonds. The first-order chi connectivity index (χ1) is 9.41. The maximum Gasteiger partial charge on any atom is 0.303 e. The van der Waals surface area contributed by atoms with Gasteiger partial charge in [0.15, 0.2) is 5.11 Å². The summed E-state index contributed by atoms with van der Waals surface area (Å²) in [6.07, 6.45) is 0.0169. The standard InChI is InChI=1S/C12H10Cl2N2O3S/c13-6-2-1-3-7(14)10(6)16-11(19)8(15-12(16)20)4-5-9(17)18/h1-3,8H,4-5H2,(H,15,20)(H,17,18). The van der Waals surface area contributed by atoms with Crippen molar-refractivity contribution in [2.24, 2.45) is 0 Å². The average Bonchev–Trinajstić information content (AvgIpc) is 2.63. The van der Waals surface area contributed by atoms with Gasteiger partial charge in [0.2, 0.25) is 0 Å². The van der Waals surface area contributed by atoms with Crippen LogP contribution >= 0.6 is 35.4 Å². The number of aliphatic carboxylic acids is 1. The Kier molecular flexibility index (Phi) is 4.47. The number of para-hydroxylation sites is 1. The Bertz CT molecular complexity index is 574. The summed E-state index contributed by atoms with van der Waals surface area (Å²) in [5.41, 5.74) is 0.316. The zero-order valence-corrected chi connectivity index (χ0v) is 12.4. The summed E-state index contributed by atoms with van der Waals surface area (Å²) in [6, 6.07) is 4.19. The molecule has 1 saturated heterocycles. The highest BCUT2D eigenvalue weighted by Crippen LogP contribution is 2.35. The Hall–Kier alpha value is -1.37. The molecular formula is C12H10Cl2N2O3S. The minimum absolute atomic E-state index is 0.129. The van der Waals surface area contributed by atoms with Crippen LogP contribution in [0.5, 0.6) is 0 Å². The van der Waals surface area contributed by atoms with Crippen LogP contribution in [-0.4, -0.2) is 28.1 Å². The van der Waals surface area contributed by atoms with E-state index in [4.69, 9.17) is 40.5 Å². The number of amides is 1. The third-order valence-corrected chi connectivity index (χ3v) is 3.74. The number of carbonyl (C=O) groups is 2.